The molecule has 0 N–H and O–H groups in total. The van der Waals surface area contributed by atoms with Gasteiger partial charge in [-0.25, -0.2) is 0 Å². The Bertz CT molecular complexity index is 1280. The minimum atomic E-state index is -0.308. The van der Waals surface area contributed by atoms with Crippen molar-refractivity contribution in [2.75, 3.05) is 19.1 Å². The summed E-state index contributed by atoms with van der Waals surface area (Å²) >= 11 is 0. The van der Waals surface area contributed by atoms with Crippen LogP contribution in [0.5, 0.6) is 11.5 Å². The van der Waals surface area contributed by atoms with Gasteiger partial charge >= 0.3 is 5.91 Å². The maximum absolute atomic E-state index is 13.3. The molecule has 0 heterocycles. The average Bonchev–Trinajstić information content (AvgIpc) is 2.85. The smallest absolute Gasteiger partial charge is 0.303 e. The molecule has 0 spiro atoms. The molecule has 4 aromatic rings. The summed E-state index contributed by atoms with van der Waals surface area (Å²) in [5.41, 5.74) is 2.36. The Morgan fingerprint density at radius 3 is 2.12 bits per heavy atom. The van der Waals surface area contributed by atoms with E-state index in [1.165, 1.54) is 0 Å². The predicted octanol–water partition coefficient (Wildman–Crippen LogP) is 5.44. The number of ether oxygens (including phenoxy) is 2. The zero-order valence-electron chi connectivity index (χ0n) is 18.0. The van der Waals surface area contributed by atoms with E-state index in [0.29, 0.717) is 23.6 Å². The molecule has 0 saturated carbocycles. The Morgan fingerprint density at radius 1 is 0.781 bits per heavy atom. The van der Waals surface area contributed by atoms with Crippen LogP contribution in [0.2, 0.25) is 0 Å². The highest BCUT2D eigenvalue weighted by molar-refractivity contribution is 6.07. The van der Waals surface area contributed by atoms with E-state index in [9.17, 15) is 4.79 Å². The predicted molar refractivity (Wildman–Crippen MR) is 128 cm³/mol. The Labute approximate surface area is 188 Å². The lowest BCUT2D eigenvalue weighted by Crippen LogP contribution is -2.29. The first-order valence-electron chi connectivity index (χ1n) is 10.3. The van der Waals surface area contributed by atoms with E-state index in [-0.39, 0.29) is 5.91 Å². The molecule has 0 bridgehead atoms. The molecule has 1 amide bonds. The molecule has 4 rings (SSSR count). The summed E-state index contributed by atoms with van der Waals surface area (Å²) in [6.07, 6.45) is 0. The highest BCUT2D eigenvalue weighted by Crippen LogP contribution is 2.27. The zero-order chi connectivity index (χ0) is 22.3. The summed E-state index contributed by atoms with van der Waals surface area (Å²) in [4.78, 5) is 15.0. The fourth-order valence-corrected chi connectivity index (χ4v) is 3.55. The lowest BCUT2D eigenvalue weighted by atomic mass is 10.1. The molecule has 0 fully saturated rings. The summed E-state index contributed by atoms with van der Waals surface area (Å²) in [5.74, 6) is 6.57. The van der Waals surface area contributed by atoms with Crippen LogP contribution in [0, 0.1) is 11.8 Å². The third-order valence-corrected chi connectivity index (χ3v) is 5.20. The van der Waals surface area contributed by atoms with Gasteiger partial charge in [-0.1, -0.05) is 66.7 Å². The molecule has 158 valence electrons. The van der Waals surface area contributed by atoms with Gasteiger partial charge in [0.1, 0.15) is 17.1 Å². The number of carbonyl (C=O) groups excluding carboxylic acids is 1. The molecule has 0 aromatic heterocycles. The summed E-state index contributed by atoms with van der Waals surface area (Å²) in [6.45, 7) is 0.412. The van der Waals surface area contributed by atoms with Gasteiger partial charge < -0.3 is 9.47 Å². The second kappa shape index (κ2) is 9.72. The van der Waals surface area contributed by atoms with Gasteiger partial charge in [-0.15, -0.1) is 0 Å². The maximum atomic E-state index is 13.3. The van der Waals surface area contributed by atoms with Crippen molar-refractivity contribution < 1.29 is 14.3 Å². The van der Waals surface area contributed by atoms with Crippen LogP contribution < -0.4 is 14.4 Å². The van der Waals surface area contributed by atoms with Crippen LogP contribution in [0.3, 0.4) is 0 Å². The minimum Gasteiger partial charge on any atom is -0.495 e. The summed E-state index contributed by atoms with van der Waals surface area (Å²) < 4.78 is 10.8. The van der Waals surface area contributed by atoms with Gasteiger partial charge in [0.05, 0.1) is 20.8 Å². The quantitative estimate of drug-likeness (QED) is 0.403. The largest absolute Gasteiger partial charge is 0.495 e. The van der Waals surface area contributed by atoms with Gasteiger partial charge in [-0.05, 0) is 46.5 Å². The molecular weight excluding hydrogens is 398 g/mol. The third-order valence-electron chi connectivity index (χ3n) is 5.20. The molecule has 32 heavy (non-hydrogen) atoms. The Hall–Kier alpha value is -4.23. The number of nitrogens with zero attached hydrogens (tertiary/aromatic N) is 1. The van der Waals surface area contributed by atoms with Crippen LogP contribution in [0.15, 0.2) is 91.0 Å². The Morgan fingerprint density at radius 2 is 1.44 bits per heavy atom. The van der Waals surface area contributed by atoms with Crippen LogP contribution >= 0.6 is 0 Å². The van der Waals surface area contributed by atoms with Gasteiger partial charge in [-0.3, -0.25) is 9.69 Å². The van der Waals surface area contributed by atoms with E-state index in [4.69, 9.17) is 9.47 Å². The van der Waals surface area contributed by atoms with Crippen LogP contribution in [-0.4, -0.2) is 20.1 Å². The number of anilines is 1. The SMILES string of the molecule is COc1cccc(OC)c1C#CC(=O)N(Cc1ccccc1)c1ccc2ccccc2c1. The van der Waals surface area contributed by atoms with Crippen molar-refractivity contribution >= 4 is 22.4 Å². The van der Waals surface area contributed by atoms with Crippen LogP contribution in [0.25, 0.3) is 10.8 Å². The summed E-state index contributed by atoms with van der Waals surface area (Å²) in [5, 5.41) is 2.18. The van der Waals surface area contributed by atoms with Crippen molar-refractivity contribution in [2.24, 2.45) is 0 Å². The molecule has 0 saturated heterocycles. The molecule has 0 aliphatic heterocycles. The van der Waals surface area contributed by atoms with E-state index in [1.807, 2.05) is 72.8 Å². The number of hydrogen-bond donors (Lipinski definition) is 0. The Kier molecular flexibility index (Phi) is 6.38. The topological polar surface area (TPSA) is 38.8 Å². The monoisotopic (exact) mass is 421 g/mol. The van der Waals surface area contributed by atoms with Crippen molar-refractivity contribution in [1.82, 2.24) is 0 Å². The van der Waals surface area contributed by atoms with E-state index in [0.717, 1.165) is 22.0 Å². The molecule has 0 radical (unpaired) electrons. The molecule has 0 aliphatic carbocycles. The van der Waals surface area contributed by atoms with Gasteiger partial charge in [0.2, 0.25) is 0 Å². The van der Waals surface area contributed by atoms with Crippen LogP contribution in [0.4, 0.5) is 5.69 Å². The zero-order valence-corrected chi connectivity index (χ0v) is 18.0. The van der Waals surface area contributed by atoms with Crippen molar-refractivity contribution in [1.29, 1.82) is 0 Å². The lowest BCUT2D eigenvalue weighted by Gasteiger charge is -2.21. The molecule has 0 atom stereocenters. The fraction of sp³-hybridized carbons (Fsp3) is 0.107. The molecule has 0 unspecified atom stereocenters. The lowest BCUT2D eigenvalue weighted by molar-refractivity contribution is -0.113. The summed E-state index contributed by atoms with van der Waals surface area (Å²) in [7, 11) is 3.14. The first-order valence-corrected chi connectivity index (χ1v) is 10.3. The summed E-state index contributed by atoms with van der Waals surface area (Å²) in [6, 6.07) is 29.4. The van der Waals surface area contributed by atoms with Crippen LogP contribution in [0.1, 0.15) is 11.1 Å². The number of methoxy groups -OCH3 is 2. The van der Waals surface area contributed by atoms with E-state index in [2.05, 4.69) is 17.9 Å². The standard InChI is InChI=1S/C28H23NO3/c1-31-26-13-8-14-27(32-2)25(26)17-18-28(30)29(20-21-9-4-3-5-10-21)24-16-15-22-11-6-7-12-23(22)19-24/h3-16,19H,20H2,1-2H3. The first-order chi connectivity index (χ1) is 15.7. The van der Waals surface area contributed by atoms with E-state index >= 15 is 0 Å². The first kappa shape index (κ1) is 21.0. The second-order valence-corrected chi connectivity index (χ2v) is 7.20. The van der Waals surface area contributed by atoms with Crippen molar-refractivity contribution in [2.45, 2.75) is 6.54 Å². The van der Waals surface area contributed by atoms with Crippen LogP contribution in [-0.2, 0) is 11.3 Å². The molecular formula is C28H23NO3. The second-order valence-electron chi connectivity index (χ2n) is 7.20. The molecule has 0 aliphatic rings. The van der Waals surface area contributed by atoms with Crippen molar-refractivity contribution in [3.8, 4) is 23.3 Å². The van der Waals surface area contributed by atoms with Gasteiger partial charge in [0, 0.05) is 11.6 Å². The van der Waals surface area contributed by atoms with E-state index in [1.54, 1.807) is 31.3 Å². The number of fused-ring (bicyclic) bond motifs is 1. The van der Waals surface area contributed by atoms with Gasteiger partial charge in [0.15, 0.2) is 0 Å². The molecule has 4 heteroatoms. The van der Waals surface area contributed by atoms with E-state index < -0.39 is 0 Å². The van der Waals surface area contributed by atoms with Gasteiger partial charge in [0.25, 0.3) is 0 Å². The fourth-order valence-electron chi connectivity index (χ4n) is 3.55. The average molecular weight is 421 g/mol. The molecule has 4 aromatic carbocycles. The minimum absolute atomic E-state index is 0.308. The normalized spacial score (nSPS) is 10.2. The number of carbonyl (C=O) groups is 1. The number of rotatable bonds is 5. The van der Waals surface area contributed by atoms with Crippen molar-refractivity contribution in [3.63, 3.8) is 0 Å². The highest BCUT2D eigenvalue weighted by Gasteiger charge is 2.16. The number of benzene rings is 4. The van der Waals surface area contributed by atoms with Gasteiger partial charge in [-0.2, -0.15) is 0 Å². The Balaban J connectivity index is 1.74. The van der Waals surface area contributed by atoms with Crippen molar-refractivity contribution in [3.05, 3.63) is 102 Å². The number of hydrogen-bond acceptors (Lipinski definition) is 3. The maximum Gasteiger partial charge on any atom is 0.303 e. The highest BCUT2D eigenvalue weighted by atomic mass is 16.5. The third kappa shape index (κ3) is 4.58. The number of amides is 1. The molecule has 4 nitrogen and oxygen atoms in total.